The van der Waals surface area contributed by atoms with Gasteiger partial charge in [0.05, 0.1) is 5.60 Å². The summed E-state index contributed by atoms with van der Waals surface area (Å²) in [6.45, 7) is 5.05. The number of hydrogen-bond donors (Lipinski definition) is 2. The summed E-state index contributed by atoms with van der Waals surface area (Å²) in [6, 6.07) is 9.95. The Morgan fingerprint density at radius 2 is 2.10 bits per heavy atom. The van der Waals surface area contributed by atoms with E-state index in [1.165, 1.54) is 0 Å². The Balaban J connectivity index is 1.88. The number of rotatable bonds is 5. The molecule has 0 spiro atoms. The number of benzene rings is 1. The highest BCUT2D eigenvalue weighted by atomic mass is 16.3. The minimum Gasteiger partial charge on any atom is -0.389 e. The number of amides is 1. The molecule has 1 aliphatic heterocycles. The topological polar surface area (TPSA) is 52.6 Å². The van der Waals surface area contributed by atoms with Crippen LogP contribution in [0.2, 0.25) is 0 Å². The third-order valence-corrected chi connectivity index (χ3v) is 4.02. The molecule has 1 aromatic rings. The van der Waals surface area contributed by atoms with Crippen molar-refractivity contribution in [1.82, 2.24) is 5.32 Å². The van der Waals surface area contributed by atoms with Gasteiger partial charge in [-0.3, -0.25) is 4.79 Å². The summed E-state index contributed by atoms with van der Waals surface area (Å²) in [4.78, 5) is 14.1. The summed E-state index contributed by atoms with van der Waals surface area (Å²) in [5.74, 6) is 0.149. The summed E-state index contributed by atoms with van der Waals surface area (Å²) in [7, 11) is 0. The molecule has 1 aromatic carbocycles. The number of piperidine rings is 1. The Morgan fingerprint density at radius 3 is 2.70 bits per heavy atom. The van der Waals surface area contributed by atoms with Crippen molar-refractivity contribution < 1.29 is 9.90 Å². The van der Waals surface area contributed by atoms with E-state index in [1.54, 1.807) is 0 Å². The first kappa shape index (κ1) is 15.0. The summed E-state index contributed by atoms with van der Waals surface area (Å²) in [5.41, 5.74) is 0.274. The number of carbonyl (C=O) groups excluding carboxylic acids is 1. The minimum atomic E-state index is -0.695. The molecular weight excluding hydrogens is 252 g/mol. The molecular formula is C16H24N2O2. The molecule has 0 saturated carbocycles. The lowest BCUT2D eigenvalue weighted by atomic mass is 10.00. The predicted molar refractivity (Wildman–Crippen MR) is 80.7 cm³/mol. The molecule has 1 fully saturated rings. The molecule has 1 amide bonds. The van der Waals surface area contributed by atoms with Gasteiger partial charge < -0.3 is 15.3 Å². The maximum atomic E-state index is 12.2. The van der Waals surface area contributed by atoms with Crippen molar-refractivity contribution in [2.45, 2.75) is 44.8 Å². The quantitative estimate of drug-likeness (QED) is 0.864. The van der Waals surface area contributed by atoms with Gasteiger partial charge in [-0.2, -0.15) is 0 Å². The van der Waals surface area contributed by atoms with E-state index in [9.17, 15) is 9.90 Å². The van der Waals surface area contributed by atoms with Gasteiger partial charge in [0.1, 0.15) is 0 Å². The maximum Gasteiger partial charge on any atom is 0.228 e. The Hall–Kier alpha value is -1.39. The Morgan fingerprint density at radius 1 is 1.40 bits per heavy atom. The Kier molecular flexibility index (Phi) is 4.78. The second kappa shape index (κ2) is 6.37. The lowest BCUT2D eigenvalue weighted by Gasteiger charge is -2.34. The number of nitrogens with one attached hydrogen (secondary N) is 1. The molecule has 1 saturated heterocycles. The van der Waals surface area contributed by atoms with E-state index in [1.807, 2.05) is 49.1 Å². The molecule has 2 rings (SSSR count). The van der Waals surface area contributed by atoms with Crippen molar-refractivity contribution >= 4 is 11.6 Å². The van der Waals surface area contributed by atoms with Gasteiger partial charge in [-0.15, -0.1) is 0 Å². The summed E-state index contributed by atoms with van der Waals surface area (Å²) in [5, 5.41) is 13.3. The monoisotopic (exact) mass is 276 g/mol. The van der Waals surface area contributed by atoms with E-state index in [2.05, 4.69) is 5.32 Å². The molecule has 0 radical (unpaired) electrons. The first-order valence-corrected chi connectivity index (χ1v) is 7.33. The van der Waals surface area contributed by atoms with Crippen LogP contribution < -0.4 is 10.2 Å². The number of carbonyl (C=O) groups is 1. The fourth-order valence-electron chi connectivity index (χ4n) is 2.38. The number of nitrogens with zero attached hydrogens (tertiary/aromatic N) is 1. The van der Waals surface area contributed by atoms with Crippen molar-refractivity contribution in [3.63, 3.8) is 0 Å². The van der Waals surface area contributed by atoms with Gasteiger partial charge in [0, 0.05) is 31.2 Å². The fourth-order valence-corrected chi connectivity index (χ4v) is 2.38. The molecule has 20 heavy (non-hydrogen) atoms. The predicted octanol–water partition coefficient (Wildman–Crippen LogP) is 1.93. The third-order valence-electron chi connectivity index (χ3n) is 4.02. The summed E-state index contributed by atoms with van der Waals surface area (Å²) >= 11 is 0. The number of anilines is 1. The smallest absolute Gasteiger partial charge is 0.228 e. The van der Waals surface area contributed by atoms with Crippen molar-refractivity contribution in [3.8, 4) is 0 Å². The molecule has 110 valence electrons. The van der Waals surface area contributed by atoms with E-state index >= 15 is 0 Å². The molecule has 0 aromatic heterocycles. The first-order valence-electron chi connectivity index (χ1n) is 7.33. The molecule has 0 bridgehead atoms. The van der Waals surface area contributed by atoms with Crippen LogP contribution in [0.1, 0.15) is 33.1 Å². The zero-order valence-corrected chi connectivity index (χ0v) is 12.3. The normalized spacial score (nSPS) is 22.6. The number of para-hydroxylation sites is 1. The highest BCUT2D eigenvalue weighted by Gasteiger charge is 2.28. The van der Waals surface area contributed by atoms with Gasteiger partial charge in [-0.25, -0.2) is 0 Å². The Bertz CT molecular complexity index is 445. The molecule has 1 heterocycles. The number of aliphatic hydroxyl groups is 1. The van der Waals surface area contributed by atoms with Crippen molar-refractivity contribution in [2.75, 3.05) is 18.0 Å². The van der Waals surface area contributed by atoms with Gasteiger partial charge in [-0.05, 0) is 31.9 Å². The summed E-state index contributed by atoms with van der Waals surface area (Å²) in [6.07, 6.45) is 2.12. The zero-order chi connectivity index (χ0) is 14.6. The minimum absolute atomic E-state index is 0.149. The molecule has 1 aliphatic rings. The average molecular weight is 276 g/mol. The summed E-state index contributed by atoms with van der Waals surface area (Å²) < 4.78 is 0. The van der Waals surface area contributed by atoms with Crippen LogP contribution in [0, 0.1) is 0 Å². The standard InChI is InChI=1S/C16H24N2O2/c1-3-16(2,20)12-17-13-9-10-18(15(19)11-13)14-7-5-4-6-8-14/h4-8,13,17,20H,3,9-12H2,1-2H3/t13-,16-/m0/s1. The fraction of sp³-hybridized carbons (Fsp3) is 0.562. The van der Waals surface area contributed by atoms with Crippen LogP contribution in [0.4, 0.5) is 5.69 Å². The molecule has 2 atom stereocenters. The lowest BCUT2D eigenvalue weighted by molar-refractivity contribution is -0.120. The van der Waals surface area contributed by atoms with Crippen LogP contribution in [0.25, 0.3) is 0 Å². The van der Waals surface area contributed by atoms with Crippen LogP contribution >= 0.6 is 0 Å². The van der Waals surface area contributed by atoms with Crippen molar-refractivity contribution in [2.24, 2.45) is 0 Å². The van der Waals surface area contributed by atoms with Gasteiger partial charge >= 0.3 is 0 Å². The average Bonchev–Trinajstić information content (AvgIpc) is 2.46. The first-order chi connectivity index (χ1) is 9.52. The van der Waals surface area contributed by atoms with Crippen LogP contribution in [0.5, 0.6) is 0 Å². The molecule has 2 N–H and O–H groups in total. The van der Waals surface area contributed by atoms with Gasteiger partial charge in [0.25, 0.3) is 0 Å². The van der Waals surface area contributed by atoms with Crippen LogP contribution in [-0.2, 0) is 4.79 Å². The third kappa shape index (κ3) is 3.81. The highest BCUT2D eigenvalue weighted by molar-refractivity contribution is 5.94. The SMILES string of the molecule is CC[C@](C)(O)CN[C@H]1CCN(c2ccccc2)C(=O)C1. The second-order valence-electron chi connectivity index (χ2n) is 5.80. The second-order valence-corrected chi connectivity index (χ2v) is 5.80. The van der Waals surface area contributed by atoms with E-state index in [0.29, 0.717) is 19.4 Å². The van der Waals surface area contributed by atoms with Crippen LogP contribution in [-0.4, -0.2) is 35.7 Å². The Labute approximate surface area is 120 Å². The van der Waals surface area contributed by atoms with E-state index in [0.717, 1.165) is 18.7 Å². The molecule has 4 nitrogen and oxygen atoms in total. The zero-order valence-electron chi connectivity index (χ0n) is 12.3. The lowest BCUT2D eigenvalue weighted by Crippen LogP contribution is -2.49. The molecule has 0 aliphatic carbocycles. The van der Waals surface area contributed by atoms with Gasteiger partial charge in [0.15, 0.2) is 0 Å². The molecule has 4 heteroatoms. The van der Waals surface area contributed by atoms with E-state index in [4.69, 9.17) is 0 Å². The van der Waals surface area contributed by atoms with Crippen LogP contribution in [0.3, 0.4) is 0 Å². The largest absolute Gasteiger partial charge is 0.389 e. The maximum absolute atomic E-state index is 12.2. The van der Waals surface area contributed by atoms with Gasteiger partial charge in [0.2, 0.25) is 5.91 Å². The highest BCUT2D eigenvalue weighted by Crippen LogP contribution is 2.21. The van der Waals surface area contributed by atoms with Gasteiger partial charge in [-0.1, -0.05) is 25.1 Å². The van der Waals surface area contributed by atoms with Crippen molar-refractivity contribution in [3.05, 3.63) is 30.3 Å². The van der Waals surface area contributed by atoms with Crippen molar-refractivity contribution in [1.29, 1.82) is 0 Å². The van der Waals surface area contributed by atoms with E-state index in [-0.39, 0.29) is 11.9 Å². The van der Waals surface area contributed by atoms with E-state index < -0.39 is 5.60 Å². The number of hydrogen-bond acceptors (Lipinski definition) is 3. The van der Waals surface area contributed by atoms with Crippen LogP contribution in [0.15, 0.2) is 30.3 Å². The molecule has 0 unspecified atom stereocenters.